The number of carbonyl (C=O) groups is 1. The third-order valence-corrected chi connectivity index (χ3v) is 3.10. The van der Waals surface area contributed by atoms with Gasteiger partial charge in [0.1, 0.15) is 5.82 Å². The molecule has 0 saturated heterocycles. The Kier molecular flexibility index (Phi) is 4.42. The van der Waals surface area contributed by atoms with Gasteiger partial charge in [0.25, 0.3) is 0 Å². The molecule has 2 rings (SSSR count). The lowest BCUT2D eigenvalue weighted by Crippen LogP contribution is -2.22. The minimum absolute atomic E-state index is 0.0105. The maximum absolute atomic E-state index is 13.0. The molecule has 7 heteroatoms. The summed E-state index contributed by atoms with van der Waals surface area (Å²) in [6.07, 6.45) is 4.15. The monoisotopic (exact) mass is 292 g/mol. The summed E-state index contributed by atoms with van der Waals surface area (Å²) < 4.78 is 16.0. The highest BCUT2D eigenvalue weighted by Gasteiger charge is 2.06. The third-order valence-electron chi connectivity index (χ3n) is 3.10. The van der Waals surface area contributed by atoms with Gasteiger partial charge in [-0.05, 0) is 24.6 Å². The van der Waals surface area contributed by atoms with Gasteiger partial charge in [-0.2, -0.15) is 0 Å². The van der Waals surface area contributed by atoms with Gasteiger partial charge in [0.15, 0.2) is 0 Å². The molecule has 3 N–H and O–H groups in total. The zero-order chi connectivity index (χ0) is 15.4. The number of benzene rings is 1. The number of nitrogens with two attached hydrogens (primary N) is 1. The van der Waals surface area contributed by atoms with E-state index in [1.54, 1.807) is 24.0 Å². The molecule has 21 heavy (non-hydrogen) atoms. The lowest BCUT2D eigenvalue weighted by Gasteiger charge is -2.06. The predicted octanol–water partition coefficient (Wildman–Crippen LogP) is 1.33. The van der Waals surface area contributed by atoms with E-state index in [2.05, 4.69) is 5.32 Å². The van der Waals surface area contributed by atoms with Gasteiger partial charge in [-0.25, -0.2) is 9.18 Å². The summed E-state index contributed by atoms with van der Waals surface area (Å²) in [4.78, 5) is 23.3. The van der Waals surface area contributed by atoms with Crippen LogP contribution >= 0.6 is 0 Å². The average Bonchev–Trinajstić information content (AvgIpc) is 2.75. The molecular weight excluding hydrogens is 275 g/mol. The number of hydrogen-bond donors (Lipinski definition) is 2. The summed E-state index contributed by atoms with van der Waals surface area (Å²) >= 11 is 0. The predicted molar refractivity (Wildman–Crippen MR) is 78.3 cm³/mol. The van der Waals surface area contributed by atoms with E-state index in [4.69, 9.17) is 5.73 Å². The summed E-state index contributed by atoms with van der Waals surface area (Å²) in [5, 5.41) is 2.64. The first-order valence-corrected chi connectivity index (χ1v) is 6.54. The molecule has 0 saturated carbocycles. The maximum atomic E-state index is 13.0. The Bertz CT molecular complexity index is 705. The number of rotatable bonds is 5. The Morgan fingerprint density at radius 1 is 1.38 bits per heavy atom. The molecule has 0 atom stereocenters. The first kappa shape index (κ1) is 14.8. The first-order chi connectivity index (χ1) is 9.97. The number of nitrogens with one attached hydrogen (secondary N) is 1. The highest BCUT2D eigenvalue weighted by Crippen LogP contribution is 2.16. The van der Waals surface area contributed by atoms with Crippen molar-refractivity contribution in [3.05, 3.63) is 46.9 Å². The van der Waals surface area contributed by atoms with Gasteiger partial charge in [-0.1, -0.05) is 0 Å². The smallest absolute Gasteiger partial charge is 0.327 e. The van der Waals surface area contributed by atoms with Crippen LogP contribution in [0.5, 0.6) is 0 Å². The second kappa shape index (κ2) is 6.25. The SMILES string of the molecule is Cn1ccn(CCCC(=O)Nc2ccc(F)c(N)c2)c1=O. The number of imidazole rings is 1. The normalized spacial score (nSPS) is 10.6. The fraction of sp³-hybridized carbons (Fsp3) is 0.286. The topological polar surface area (TPSA) is 82.1 Å². The van der Waals surface area contributed by atoms with Crippen LogP contribution < -0.4 is 16.7 Å². The molecule has 0 spiro atoms. The van der Waals surface area contributed by atoms with Gasteiger partial charge in [-0.15, -0.1) is 0 Å². The van der Waals surface area contributed by atoms with Crippen molar-refractivity contribution < 1.29 is 9.18 Å². The van der Waals surface area contributed by atoms with E-state index in [9.17, 15) is 14.0 Å². The number of amides is 1. The Balaban J connectivity index is 1.83. The zero-order valence-electron chi connectivity index (χ0n) is 11.7. The summed E-state index contributed by atoms with van der Waals surface area (Å²) in [6, 6.07) is 4.02. The van der Waals surface area contributed by atoms with Crippen molar-refractivity contribution in [3.8, 4) is 0 Å². The molecule has 0 unspecified atom stereocenters. The van der Waals surface area contributed by atoms with E-state index in [0.29, 0.717) is 18.7 Å². The number of nitrogen functional groups attached to an aromatic ring is 1. The average molecular weight is 292 g/mol. The fourth-order valence-electron chi connectivity index (χ4n) is 1.94. The Hall–Kier alpha value is -2.57. The van der Waals surface area contributed by atoms with Crippen molar-refractivity contribution in [1.82, 2.24) is 9.13 Å². The van der Waals surface area contributed by atoms with Crippen LogP contribution in [0.25, 0.3) is 0 Å². The van der Waals surface area contributed by atoms with Crippen molar-refractivity contribution >= 4 is 17.3 Å². The number of hydrogen-bond acceptors (Lipinski definition) is 3. The Morgan fingerprint density at radius 3 is 2.76 bits per heavy atom. The van der Waals surface area contributed by atoms with Crippen LogP contribution in [0.2, 0.25) is 0 Å². The van der Waals surface area contributed by atoms with Gasteiger partial charge < -0.3 is 15.6 Å². The van der Waals surface area contributed by atoms with Crippen LogP contribution in [0, 0.1) is 5.82 Å². The molecule has 6 nitrogen and oxygen atoms in total. The molecule has 1 heterocycles. The van der Waals surface area contributed by atoms with Crippen LogP contribution in [0.15, 0.2) is 35.4 Å². The third kappa shape index (κ3) is 3.71. The first-order valence-electron chi connectivity index (χ1n) is 6.54. The zero-order valence-corrected chi connectivity index (χ0v) is 11.7. The van der Waals surface area contributed by atoms with Crippen LogP contribution in [-0.4, -0.2) is 15.0 Å². The van der Waals surface area contributed by atoms with Crippen molar-refractivity contribution in [2.24, 2.45) is 7.05 Å². The largest absolute Gasteiger partial charge is 0.396 e. The van der Waals surface area contributed by atoms with E-state index in [-0.39, 0.29) is 23.7 Å². The minimum atomic E-state index is -0.517. The Morgan fingerprint density at radius 2 is 2.14 bits per heavy atom. The molecule has 0 fully saturated rings. The number of halogens is 1. The molecule has 1 aromatic carbocycles. The number of carbonyl (C=O) groups excluding carboxylic acids is 1. The van der Waals surface area contributed by atoms with Gasteiger partial charge in [0.05, 0.1) is 5.69 Å². The van der Waals surface area contributed by atoms with E-state index >= 15 is 0 Å². The molecule has 0 bridgehead atoms. The summed E-state index contributed by atoms with van der Waals surface area (Å²) in [6.45, 7) is 0.471. The van der Waals surface area contributed by atoms with Crippen LogP contribution in [0.3, 0.4) is 0 Å². The van der Waals surface area contributed by atoms with Crippen molar-refractivity contribution in [1.29, 1.82) is 0 Å². The second-order valence-corrected chi connectivity index (χ2v) is 4.77. The molecule has 0 aliphatic rings. The molecule has 0 aliphatic heterocycles. The number of anilines is 2. The van der Waals surface area contributed by atoms with Crippen LogP contribution in [-0.2, 0) is 18.4 Å². The lowest BCUT2D eigenvalue weighted by atomic mass is 10.2. The molecule has 1 aromatic heterocycles. The van der Waals surface area contributed by atoms with E-state index in [0.717, 1.165) is 0 Å². The van der Waals surface area contributed by atoms with Crippen LogP contribution in [0.1, 0.15) is 12.8 Å². The summed E-state index contributed by atoms with van der Waals surface area (Å²) in [5.41, 5.74) is 5.76. The summed E-state index contributed by atoms with van der Waals surface area (Å²) in [7, 11) is 1.67. The van der Waals surface area contributed by atoms with Gasteiger partial charge in [0, 0.05) is 38.1 Å². The highest BCUT2D eigenvalue weighted by atomic mass is 19.1. The highest BCUT2D eigenvalue weighted by molar-refractivity contribution is 5.91. The quantitative estimate of drug-likeness (QED) is 0.816. The standard InChI is InChI=1S/C14H17FN4O2/c1-18-7-8-19(14(18)21)6-2-3-13(20)17-10-4-5-11(15)12(16)9-10/h4-5,7-9H,2-3,6,16H2,1H3,(H,17,20). The summed E-state index contributed by atoms with van der Waals surface area (Å²) in [5.74, 6) is -0.721. The van der Waals surface area contributed by atoms with Gasteiger partial charge in [0.2, 0.25) is 5.91 Å². The number of nitrogens with zero attached hydrogens (tertiary/aromatic N) is 2. The molecule has 112 valence electrons. The minimum Gasteiger partial charge on any atom is -0.396 e. The van der Waals surface area contributed by atoms with Gasteiger partial charge >= 0.3 is 5.69 Å². The Labute approximate surface area is 121 Å². The molecule has 1 amide bonds. The van der Waals surface area contributed by atoms with Gasteiger partial charge in [-0.3, -0.25) is 9.36 Å². The van der Waals surface area contributed by atoms with E-state index < -0.39 is 5.82 Å². The second-order valence-electron chi connectivity index (χ2n) is 4.77. The molecule has 0 aliphatic carbocycles. The van der Waals surface area contributed by atoms with Crippen LogP contribution in [0.4, 0.5) is 15.8 Å². The van der Waals surface area contributed by atoms with Crippen molar-refractivity contribution in [2.45, 2.75) is 19.4 Å². The van der Waals surface area contributed by atoms with Crippen molar-refractivity contribution in [3.63, 3.8) is 0 Å². The molecule has 0 radical (unpaired) electrons. The molecule has 2 aromatic rings. The fourth-order valence-corrected chi connectivity index (χ4v) is 1.94. The van der Waals surface area contributed by atoms with E-state index in [1.807, 2.05) is 0 Å². The molecular formula is C14H17FN4O2. The van der Waals surface area contributed by atoms with E-state index in [1.165, 1.54) is 22.8 Å². The number of aryl methyl sites for hydroxylation is 2. The maximum Gasteiger partial charge on any atom is 0.327 e. The van der Waals surface area contributed by atoms with Crippen molar-refractivity contribution in [2.75, 3.05) is 11.1 Å². The lowest BCUT2D eigenvalue weighted by molar-refractivity contribution is -0.116. The number of aromatic nitrogens is 2.